The summed E-state index contributed by atoms with van der Waals surface area (Å²) < 4.78 is 7.01. The minimum atomic E-state index is -3.02. The Kier molecular flexibility index (Phi) is 8.02. The maximum Gasteiger partial charge on any atom is 0.179 e. The third kappa shape index (κ3) is 5.26. The number of benzene rings is 8. The SMILES string of the molecule is Cn1c(-c2cccc([Si](c3ccccc3)(c3ccccc3)c3ccc4c5c6c7ccccc7n(-c7ccccc7)c6ccc5n(-c5ccccn5)c4c3)c2)nc2ccccc21. The largest absolute Gasteiger partial charge is 0.327 e. The lowest BCUT2D eigenvalue weighted by molar-refractivity contribution is 0.959. The number of aryl methyl sites for hydroxylation is 1. The van der Waals surface area contributed by atoms with Crippen LogP contribution in [0.3, 0.4) is 0 Å². The van der Waals surface area contributed by atoms with Crippen molar-refractivity contribution in [2.24, 2.45) is 7.05 Å². The van der Waals surface area contributed by atoms with E-state index in [9.17, 15) is 0 Å². The van der Waals surface area contributed by atoms with Crippen molar-refractivity contribution in [3.05, 3.63) is 219 Å². The summed E-state index contributed by atoms with van der Waals surface area (Å²) in [6.45, 7) is 0. The van der Waals surface area contributed by atoms with Crippen molar-refractivity contribution in [1.29, 1.82) is 0 Å². The topological polar surface area (TPSA) is 40.6 Å². The van der Waals surface area contributed by atoms with Gasteiger partial charge in [0.25, 0.3) is 0 Å². The molecule has 12 rings (SSSR count). The van der Waals surface area contributed by atoms with Crippen LogP contribution >= 0.6 is 0 Å². The number of rotatable bonds is 7. The second-order valence-corrected chi connectivity index (χ2v) is 19.7. The highest BCUT2D eigenvalue weighted by Gasteiger charge is 2.42. The fourth-order valence-corrected chi connectivity index (χ4v) is 14.8. The van der Waals surface area contributed by atoms with Gasteiger partial charge in [0.05, 0.1) is 33.1 Å². The van der Waals surface area contributed by atoms with E-state index < -0.39 is 8.07 Å². The lowest BCUT2D eigenvalue weighted by Gasteiger charge is -2.34. The van der Waals surface area contributed by atoms with Gasteiger partial charge < -0.3 is 9.13 Å². The Balaban J connectivity index is 1.20. The molecule has 12 aromatic rings. The Labute approximate surface area is 354 Å². The summed E-state index contributed by atoms with van der Waals surface area (Å²) in [7, 11) is -0.903. The maximum absolute atomic E-state index is 5.17. The minimum Gasteiger partial charge on any atom is -0.327 e. The van der Waals surface area contributed by atoms with Gasteiger partial charge in [0, 0.05) is 46.0 Å². The Bertz CT molecular complexity index is 3550. The molecule has 0 unspecified atom stereocenters. The molecule has 0 aliphatic heterocycles. The zero-order valence-electron chi connectivity index (χ0n) is 33.5. The molecule has 0 saturated heterocycles. The third-order valence-electron chi connectivity index (χ3n) is 12.6. The lowest BCUT2D eigenvalue weighted by Crippen LogP contribution is -2.74. The summed E-state index contributed by atoms with van der Waals surface area (Å²) >= 11 is 0. The van der Waals surface area contributed by atoms with Crippen molar-refractivity contribution in [2.45, 2.75) is 0 Å². The number of imidazole rings is 1. The van der Waals surface area contributed by atoms with Crippen LogP contribution in [0.5, 0.6) is 0 Å². The molecule has 4 aromatic heterocycles. The Morgan fingerprint density at radius 1 is 0.410 bits per heavy atom. The van der Waals surface area contributed by atoms with Gasteiger partial charge in [-0.05, 0) is 81.4 Å². The molecule has 61 heavy (non-hydrogen) atoms. The van der Waals surface area contributed by atoms with E-state index in [-0.39, 0.29) is 0 Å². The van der Waals surface area contributed by atoms with E-state index in [4.69, 9.17) is 9.97 Å². The molecule has 8 aromatic carbocycles. The monoisotopic (exact) mass is 797 g/mol. The molecule has 0 amide bonds. The number of hydrogen-bond donors (Lipinski definition) is 0. The fourth-order valence-electron chi connectivity index (χ4n) is 10.1. The van der Waals surface area contributed by atoms with Gasteiger partial charge in [-0.2, -0.15) is 0 Å². The van der Waals surface area contributed by atoms with E-state index in [1.54, 1.807) is 0 Å². The second-order valence-electron chi connectivity index (χ2n) is 15.8. The summed E-state index contributed by atoms with van der Waals surface area (Å²) in [5.74, 6) is 1.85. The van der Waals surface area contributed by atoms with Gasteiger partial charge in [0.15, 0.2) is 8.07 Å². The zero-order chi connectivity index (χ0) is 40.5. The molecule has 6 heteroatoms. The highest BCUT2D eigenvalue weighted by Crippen LogP contribution is 2.42. The second kappa shape index (κ2) is 13.9. The van der Waals surface area contributed by atoms with Crippen molar-refractivity contribution in [1.82, 2.24) is 23.7 Å². The fraction of sp³-hybridized carbons (Fsp3) is 0.0182. The molecular formula is C55H39N5Si. The third-order valence-corrected chi connectivity index (χ3v) is 17.4. The van der Waals surface area contributed by atoms with Crippen molar-refractivity contribution in [3.8, 4) is 22.9 Å². The van der Waals surface area contributed by atoms with Crippen LogP contribution < -0.4 is 20.7 Å². The van der Waals surface area contributed by atoms with Gasteiger partial charge in [-0.25, -0.2) is 9.97 Å². The highest BCUT2D eigenvalue weighted by atomic mass is 28.3. The van der Waals surface area contributed by atoms with Crippen LogP contribution in [0.25, 0.3) is 77.5 Å². The van der Waals surface area contributed by atoms with Gasteiger partial charge >= 0.3 is 0 Å². The first kappa shape index (κ1) is 35.2. The molecule has 0 aliphatic carbocycles. The minimum absolute atomic E-state index is 0.890. The first-order valence-electron chi connectivity index (χ1n) is 20.8. The molecule has 0 spiro atoms. The Hall–Kier alpha value is -7.80. The van der Waals surface area contributed by atoms with Crippen LogP contribution in [0.2, 0.25) is 0 Å². The van der Waals surface area contributed by atoms with Gasteiger partial charge in [-0.15, -0.1) is 0 Å². The van der Waals surface area contributed by atoms with E-state index in [2.05, 4.69) is 227 Å². The van der Waals surface area contributed by atoms with Gasteiger partial charge in [-0.1, -0.05) is 152 Å². The molecule has 0 fully saturated rings. The quantitative estimate of drug-likeness (QED) is 0.119. The predicted molar refractivity (Wildman–Crippen MR) is 256 cm³/mol. The normalized spacial score (nSPS) is 12.0. The van der Waals surface area contributed by atoms with E-state index in [1.165, 1.54) is 53.3 Å². The average molecular weight is 798 g/mol. The first-order chi connectivity index (χ1) is 30.2. The van der Waals surface area contributed by atoms with Crippen LogP contribution in [0, 0.1) is 0 Å². The van der Waals surface area contributed by atoms with Crippen molar-refractivity contribution in [2.75, 3.05) is 0 Å². The Morgan fingerprint density at radius 2 is 1.00 bits per heavy atom. The number of hydrogen-bond acceptors (Lipinski definition) is 2. The molecule has 288 valence electrons. The predicted octanol–water partition coefficient (Wildman–Crippen LogP) is 10.2. The zero-order valence-corrected chi connectivity index (χ0v) is 34.5. The van der Waals surface area contributed by atoms with Crippen LogP contribution in [-0.4, -0.2) is 31.7 Å². The lowest BCUT2D eigenvalue weighted by atomic mass is 10.1. The van der Waals surface area contributed by atoms with E-state index in [0.717, 1.165) is 45.0 Å². The van der Waals surface area contributed by atoms with Crippen LogP contribution in [0.15, 0.2) is 219 Å². The van der Waals surface area contributed by atoms with Crippen molar-refractivity contribution >= 4 is 83.5 Å². The smallest absolute Gasteiger partial charge is 0.179 e. The standard InChI is InChI=1S/C55H39N5Si/c1-58-48-29-14-12-27-46(48)57-55(58)38-18-17-25-42(36-38)61(40-21-7-3-8-22-40,41-23-9-4-10-24-41)43-31-32-45-51(37-43)60(52-30-15-16-35-56-52)50-34-33-49-53(54(45)50)44-26-11-13-28-47(44)59(49)39-19-5-2-6-20-39/h2-37H,1H3. The number of aromatic nitrogens is 5. The van der Waals surface area contributed by atoms with Crippen molar-refractivity contribution < 1.29 is 0 Å². The Morgan fingerprint density at radius 3 is 1.70 bits per heavy atom. The van der Waals surface area contributed by atoms with Gasteiger partial charge in [-0.3, -0.25) is 4.57 Å². The van der Waals surface area contributed by atoms with E-state index in [0.29, 0.717) is 0 Å². The number of nitrogens with zero attached hydrogens (tertiary/aromatic N) is 5. The van der Waals surface area contributed by atoms with Crippen LogP contribution in [-0.2, 0) is 7.05 Å². The summed E-state index contributed by atoms with van der Waals surface area (Å²) in [6.07, 6.45) is 1.90. The summed E-state index contributed by atoms with van der Waals surface area (Å²) in [4.78, 5) is 10.2. The molecular weight excluding hydrogens is 759 g/mol. The maximum atomic E-state index is 5.17. The highest BCUT2D eigenvalue weighted by molar-refractivity contribution is 7.20. The molecule has 5 nitrogen and oxygen atoms in total. The molecule has 0 saturated carbocycles. The molecule has 0 bridgehead atoms. The summed E-state index contributed by atoms with van der Waals surface area (Å²) in [5, 5.41) is 10.1. The number of para-hydroxylation sites is 4. The van der Waals surface area contributed by atoms with Crippen LogP contribution in [0.1, 0.15) is 0 Å². The van der Waals surface area contributed by atoms with Crippen molar-refractivity contribution in [3.63, 3.8) is 0 Å². The molecule has 0 aliphatic rings. The van der Waals surface area contributed by atoms with Gasteiger partial charge in [0.1, 0.15) is 11.6 Å². The molecule has 0 radical (unpaired) electrons. The van der Waals surface area contributed by atoms with E-state index in [1.807, 2.05) is 12.3 Å². The number of fused-ring (bicyclic) bond motifs is 8. The van der Waals surface area contributed by atoms with Gasteiger partial charge in [0.2, 0.25) is 0 Å². The molecule has 4 heterocycles. The summed E-state index contributed by atoms with van der Waals surface area (Å²) in [5.41, 5.74) is 8.98. The molecule has 0 N–H and O–H groups in total. The first-order valence-corrected chi connectivity index (χ1v) is 22.8. The molecule has 0 atom stereocenters. The van der Waals surface area contributed by atoms with Crippen LogP contribution in [0.4, 0.5) is 0 Å². The average Bonchev–Trinajstić information content (AvgIpc) is 3.97. The van der Waals surface area contributed by atoms with E-state index >= 15 is 0 Å². The number of pyridine rings is 1. The summed E-state index contributed by atoms with van der Waals surface area (Å²) in [6, 6.07) is 77.6.